The highest BCUT2D eigenvalue weighted by molar-refractivity contribution is 5.80. The summed E-state index contributed by atoms with van der Waals surface area (Å²) in [7, 11) is 1.57. The van der Waals surface area contributed by atoms with Crippen molar-refractivity contribution in [3.63, 3.8) is 0 Å². The molecule has 2 rings (SSSR count). The van der Waals surface area contributed by atoms with E-state index in [2.05, 4.69) is 20.6 Å². The Morgan fingerprint density at radius 3 is 2.71 bits per heavy atom. The van der Waals surface area contributed by atoms with Gasteiger partial charge >= 0.3 is 0 Å². The van der Waals surface area contributed by atoms with Gasteiger partial charge in [0.1, 0.15) is 0 Å². The summed E-state index contributed by atoms with van der Waals surface area (Å²) in [5, 5.41) is 5.87. The first-order chi connectivity index (χ1) is 8.29. The molecule has 0 aliphatic heterocycles. The first-order valence-electron chi connectivity index (χ1n) is 5.67. The molecule has 0 atom stereocenters. The Morgan fingerprint density at radius 1 is 1.41 bits per heavy atom. The minimum Gasteiger partial charge on any atom is -0.494 e. The van der Waals surface area contributed by atoms with E-state index in [0.717, 1.165) is 12.8 Å². The maximum atomic E-state index is 11.3. The van der Waals surface area contributed by atoms with Crippen LogP contribution in [0.25, 0.3) is 0 Å². The highest BCUT2D eigenvalue weighted by atomic mass is 16.5. The van der Waals surface area contributed by atoms with Crippen LogP contribution in [0.15, 0.2) is 12.4 Å². The number of methoxy groups -OCH3 is 1. The molecule has 0 spiro atoms. The normalized spacial score (nSPS) is 14.2. The molecule has 92 valence electrons. The Labute approximate surface area is 99.8 Å². The van der Waals surface area contributed by atoms with E-state index < -0.39 is 0 Å². The van der Waals surface area contributed by atoms with Crippen molar-refractivity contribution in [1.82, 2.24) is 15.3 Å². The molecule has 17 heavy (non-hydrogen) atoms. The molecule has 1 aromatic rings. The first-order valence-corrected chi connectivity index (χ1v) is 5.67. The van der Waals surface area contributed by atoms with Crippen molar-refractivity contribution in [3.8, 4) is 5.75 Å². The summed E-state index contributed by atoms with van der Waals surface area (Å²) in [4.78, 5) is 19.4. The summed E-state index contributed by atoms with van der Waals surface area (Å²) in [6.07, 6.45) is 5.25. The molecular formula is C11H16N4O2. The molecule has 6 heteroatoms. The fraction of sp³-hybridized carbons (Fsp3) is 0.545. The number of hydrogen-bond donors (Lipinski definition) is 2. The molecule has 6 nitrogen and oxygen atoms in total. The second-order valence-electron chi connectivity index (χ2n) is 3.94. The molecule has 0 saturated heterocycles. The fourth-order valence-electron chi connectivity index (χ4n) is 1.36. The van der Waals surface area contributed by atoms with Crippen molar-refractivity contribution >= 4 is 11.9 Å². The minimum atomic E-state index is 0.155. The van der Waals surface area contributed by atoms with Gasteiger partial charge in [0.25, 0.3) is 0 Å². The molecule has 1 fully saturated rings. The van der Waals surface area contributed by atoms with Gasteiger partial charge in [0, 0.05) is 19.0 Å². The first kappa shape index (κ1) is 11.6. The lowest BCUT2D eigenvalue weighted by atomic mass is 10.4. The summed E-state index contributed by atoms with van der Waals surface area (Å²) in [6, 6.07) is 0. The monoisotopic (exact) mass is 236 g/mol. The quantitative estimate of drug-likeness (QED) is 0.700. The number of rotatable bonds is 6. The molecule has 0 unspecified atom stereocenters. The van der Waals surface area contributed by atoms with Crippen LogP contribution in [-0.4, -0.2) is 36.1 Å². The lowest BCUT2D eigenvalue weighted by Gasteiger charge is -2.06. The smallest absolute Gasteiger partial charge is 0.223 e. The van der Waals surface area contributed by atoms with E-state index in [1.54, 1.807) is 19.5 Å². The molecule has 1 aromatic heterocycles. The summed E-state index contributed by atoms with van der Waals surface area (Å²) >= 11 is 0. The Hall–Kier alpha value is -1.85. The van der Waals surface area contributed by atoms with E-state index in [9.17, 15) is 4.79 Å². The van der Waals surface area contributed by atoms with Crippen LogP contribution < -0.4 is 15.4 Å². The Balaban J connectivity index is 1.65. The van der Waals surface area contributed by atoms with Gasteiger partial charge in [-0.25, -0.2) is 9.97 Å². The third kappa shape index (κ3) is 3.58. The van der Waals surface area contributed by atoms with Gasteiger partial charge in [0.05, 0.1) is 19.5 Å². The van der Waals surface area contributed by atoms with Crippen molar-refractivity contribution in [2.24, 2.45) is 5.92 Å². The van der Waals surface area contributed by atoms with Crippen molar-refractivity contribution in [2.45, 2.75) is 12.8 Å². The summed E-state index contributed by atoms with van der Waals surface area (Å²) < 4.78 is 4.95. The van der Waals surface area contributed by atoms with Crippen LogP contribution in [-0.2, 0) is 4.79 Å². The largest absolute Gasteiger partial charge is 0.494 e. The number of carbonyl (C=O) groups excluding carboxylic acids is 1. The number of nitrogens with zero attached hydrogens (tertiary/aromatic N) is 2. The molecule has 1 aliphatic carbocycles. The predicted octanol–water partition coefficient (Wildman–Crippen LogP) is 0.423. The summed E-state index contributed by atoms with van der Waals surface area (Å²) in [5.41, 5.74) is 0. The minimum absolute atomic E-state index is 0.155. The Kier molecular flexibility index (Phi) is 3.74. The van der Waals surface area contributed by atoms with Gasteiger partial charge in [-0.1, -0.05) is 0 Å². The third-order valence-electron chi connectivity index (χ3n) is 2.52. The molecular weight excluding hydrogens is 220 g/mol. The van der Waals surface area contributed by atoms with E-state index in [-0.39, 0.29) is 11.8 Å². The van der Waals surface area contributed by atoms with Gasteiger partial charge in [-0.2, -0.15) is 0 Å². The molecule has 0 bridgehead atoms. The van der Waals surface area contributed by atoms with Crippen LogP contribution in [0.5, 0.6) is 5.75 Å². The van der Waals surface area contributed by atoms with Crippen LogP contribution >= 0.6 is 0 Å². The Bertz CT molecular complexity index is 376. The van der Waals surface area contributed by atoms with Crippen molar-refractivity contribution in [1.29, 1.82) is 0 Å². The maximum Gasteiger partial charge on any atom is 0.223 e. The van der Waals surface area contributed by atoms with Crippen LogP contribution in [0.2, 0.25) is 0 Å². The molecule has 1 aliphatic rings. The van der Waals surface area contributed by atoms with E-state index in [4.69, 9.17) is 4.74 Å². The molecule has 0 radical (unpaired) electrons. The highest BCUT2D eigenvalue weighted by Gasteiger charge is 2.28. The maximum absolute atomic E-state index is 11.3. The number of hydrogen-bond acceptors (Lipinski definition) is 5. The molecule has 2 N–H and O–H groups in total. The van der Waals surface area contributed by atoms with Crippen LogP contribution in [0.3, 0.4) is 0 Å². The van der Waals surface area contributed by atoms with E-state index in [1.165, 1.54) is 0 Å². The van der Waals surface area contributed by atoms with Crippen molar-refractivity contribution in [3.05, 3.63) is 12.4 Å². The van der Waals surface area contributed by atoms with Crippen LogP contribution in [0.4, 0.5) is 5.95 Å². The van der Waals surface area contributed by atoms with Gasteiger partial charge in [-0.15, -0.1) is 0 Å². The van der Waals surface area contributed by atoms with Gasteiger partial charge < -0.3 is 15.4 Å². The zero-order valence-electron chi connectivity index (χ0n) is 9.77. The van der Waals surface area contributed by atoms with Crippen molar-refractivity contribution < 1.29 is 9.53 Å². The number of anilines is 1. The number of carbonyl (C=O) groups is 1. The standard InChI is InChI=1S/C11H16N4O2/c1-17-9-6-14-11(15-7-9)13-5-4-12-10(16)8-2-3-8/h6-8H,2-5H2,1H3,(H,12,16)(H,13,14,15). The summed E-state index contributed by atoms with van der Waals surface area (Å²) in [5.74, 6) is 1.57. The Morgan fingerprint density at radius 2 is 2.12 bits per heavy atom. The van der Waals surface area contributed by atoms with Crippen LogP contribution in [0, 0.1) is 5.92 Å². The molecule has 0 aromatic carbocycles. The average molecular weight is 236 g/mol. The van der Waals surface area contributed by atoms with Gasteiger partial charge in [-0.3, -0.25) is 4.79 Å². The second kappa shape index (κ2) is 5.47. The number of ether oxygens (including phenoxy) is 1. The average Bonchev–Trinajstić information content (AvgIpc) is 3.19. The lowest BCUT2D eigenvalue weighted by Crippen LogP contribution is -2.30. The van der Waals surface area contributed by atoms with Gasteiger partial charge in [-0.05, 0) is 12.8 Å². The predicted molar refractivity (Wildman–Crippen MR) is 62.8 cm³/mol. The summed E-state index contributed by atoms with van der Waals surface area (Å²) in [6.45, 7) is 1.20. The second-order valence-corrected chi connectivity index (χ2v) is 3.94. The number of amides is 1. The number of aromatic nitrogens is 2. The van der Waals surface area contributed by atoms with E-state index in [0.29, 0.717) is 24.8 Å². The van der Waals surface area contributed by atoms with E-state index in [1.807, 2.05) is 0 Å². The molecule has 1 saturated carbocycles. The topological polar surface area (TPSA) is 76.1 Å². The van der Waals surface area contributed by atoms with Crippen LogP contribution in [0.1, 0.15) is 12.8 Å². The lowest BCUT2D eigenvalue weighted by molar-refractivity contribution is -0.122. The SMILES string of the molecule is COc1cnc(NCCNC(=O)C2CC2)nc1. The van der Waals surface area contributed by atoms with Crippen molar-refractivity contribution in [2.75, 3.05) is 25.5 Å². The molecule has 1 heterocycles. The third-order valence-corrected chi connectivity index (χ3v) is 2.52. The fourth-order valence-corrected chi connectivity index (χ4v) is 1.36. The van der Waals surface area contributed by atoms with Gasteiger partial charge in [0.15, 0.2) is 5.75 Å². The highest BCUT2D eigenvalue weighted by Crippen LogP contribution is 2.28. The zero-order chi connectivity index (χ0) is 12.1. The zero-order valence-corrected chi connectivity index (χ0v) is 9.77. The van der Waals surface area contributed by atoms with E-state index >= 15 is 0 Å². The number of nitrogens with one attached hydrogen (secondary N) is 2. The molecule has 1 amide bonds. The van der Waals surface area contributed by atoms with Gasteiger partial charge in [0.2, 0.25) is 11.9 Å².